The number of furan rings is 1. The van der Waals surface area contributed by atoms with Gasteiger partial charge in [0, 0.05) is 18.2 Å². The van der Waals surface area contributed by atoms with Gasteiger partial charge >= 0.3 is 0 Å². The molecule has 0 aliphatic carbocycles. The highest BCUT2D eigenvalue weighted by molar-refractivity contribution is 7.89. The van der Waals surface area contributed by atoms with Crippen molar-refractivity contribution in [2.45, 2.75) is 58.5 Å². The fourth-order valence-corrected chi connectivity index (χ4v) is 4.23. The molecule has 5 nitrogen and oxygen atoms in total. The Balaban J connectivity index is 3.09. The minimum atomic E-state index is -3.55. The molecule has 0 aromatic carbocycles. The van der Waals surface area contributed by atoms with Crippen molar-refractivity contribution in [2.75, 3.05) is 7.05 Å². The Morgan fingerprint density at radius 1 is 1.15 bits per heavy atom. The van der Waals surface area contributed by atoms with Gasteiger partial charge in [0.15, 0.2) is 0 Å². The van der Waals surface area contributed by atoms with Crippen molar-refractivity contribution in [1.29, 1.82) is 0 Å². The monoisotopic (exact) mass is 302 g/mol. The molecule has 0 fully saturated rings. The molecule has 0 spiro atoms. The zero-order valence-electron chi connectivity index (χ0n) is 13.2. The predicted molar refractivity (Wildman–Crippen MR) is 80.2 cm³/mol. The minimum absolute atomic E-state index is 0.1000. The van der Waals surface area contributed by atoms with Crippen LogP contribution in [0.3, 0.4) is 0 Å². The summed E-state index contributed by atoms with van der Waals surface area (Å²) < 4.78 is 33.3. The molecular weight excluding hydrogens is 276 g/mol. The van der Waals surface area contributed by atoms with E-state index in [9.17, 15) is 8.42 Å². The maximum atomic E-state index is 12.6. The maximum Gasteiger partial charge on any atom is 0.244 e. The summed E-state index contributed by atoms with van der Waals surface area (Å²) in [5, 5.41) is 2.98. The standard InChI is InChI=1S/C14H26N2O3S/c1-9(2)7-10(3)16-20(17,18)14-12(5)19-11(4)13(14)8-15-6/h9-10,15-16H,7-8H2,1-6H3. The number of rotatable bonds is 7. The SMILES string of the molecule is CNCc1c(C)oc(C)c1S(=O)(=O)NC(C)CC(C)C. The lowest BCUT2D eigenvalue weighted by Crippen LogP contribution is -2.34. The number of sulfonamides is 1. The van der Waals surface area contributed by atoms with E-state index >= 15 is 0 Å². The van der Waals surface area contributed by atoms with Gasteiger partial charge in [0.1, 0.15) is 16.4 Å². The molecule has 0 saturated carbocycles. The van der Waals surface area contributed by atoms with Crippen LogP contribution in [0.2, 0.25) is 0 Å². The maximum absolute atomic E-state index is 12.6. The van der Waals surface area contributed by atoms with Gasteiger partial charge in [-0.3, -0.25) is 0 Å². The molecule has 2 N–H and O–H groups in total. The Kier molecular flexibility index (Phi) is 5.79. The van der Waals surface area contributed by atoms with Crippen molar-refractivity contribution < 1.29 is 12.8 Å². The van der Waals surface area contributed by atoms with Gasteiger partial charge in [0.25, 0.3) is 0 Å². The van der Waals surface area contributed by atoms with Crippen LogP contribution in [0.4, 0.5) is 0 Å². The molecule has 0 bridgehead atoms. The van der Waals surface area contributed by atoms with Crippen LogP contribution in [0.15, 0.2) is 9.31 Å². The first-order valence-electron chi connectivity index (χ1n) is 6.94. The van der Waals surface area contributed by atoms with Crippen LogP contribution in [0.25, 0.3) is 0 Å². The molecule has 1 unspecified atom stereocenters. The predicted octanol–water partition coefficient (Wildman–Crippen LogP) is 2.33. The van der Waals surface area contributed by atoms with E-state index in [1.807, 2.05) is 6.92 Å². The lowest BCUT2D eigenvalue weighted by atomic mass is 10.1. The van der Waals surface area contributed by atoms with Crippen LogP contribution in [0.5, 0.6) is 0 Å². The van der Waals surface area contributed by atoms with Crippen LogP contribution >= 0.6 is 0 Å². The highest BCUT2D eigenvalue weighted by Crippen LogP contribution is 2.26. The largest absolute Gasteiger partial charge is 0.465 e. The van der Waals surface area contributed by atoms with E-state index in [0.29, 0.717) is 29.5 Å². The number of hydrogen-bond acceptors (Lipinski definition) is 4. The second-order valence-electron chi connectivity index (χ2n) is 5.70. The van der Waals surface area contributed by atoms with E-state index in [4.69, 9.17) is 4.42 Å². The van der Waals surface area contributed by atoms with Crippen LogP contribution < -0.4 is 10.0 Å². The molecule has 1 rings (SSSR count). The second kappa shape index (κ2) is 6.74. The minimum Gasteiger partial charge on any atom is -0.465 e. The lowest BCUT2D eigenvalue weighted by Gasteiger charge is -2.16. The molecule has 0 aliphatic rings. The molecular formula is C14H26N2O3S. The quantitative estimate of drug-likeness (QED) is 0.811. The summed E-state index contributed by atoms with van der Waals surface area (Å²) in [5.41, 5.74) is 0.703. The summed E-state index contributed by atoms with van der Waals surface area (Å²) in [5.74, 6) is 1.53. The molecule has 20 heavy (non-hydrogen) atoms. The highest BCUT2D eigenvalue weighted by Gasteiger charge is 2.27. The smallest absolute Gasteiger partial charge is 0.244 e. The molecule has 0 radical (unpaired) electrons. The van der Waals surface area contributed by atoms with Crippen molar-refractivity contribution in [3.8, 4) is 0 Å². The fraction of sp³-hybridized carbons (Fsp3) is 0.714. The highest BCUT2D eigenvalue weighted by atomic mass is 32.2. The summed E-state index contributed by atoms with van der Waals surface area (Å²) in [6.45, 7) is 9.98. The first-order valence-corrected chi connectivity index (χ1v) is 8.43. The average molecular weight is 302 g/mol. The second-order valence-corrected chi connectivity index (χ2v) is 7.36. The van der Waals surface area contributed by atoms with E-state index in [2.05, 4.69) is 23.9 Å². The normalized spacial score (nSPS) is 13.9. The van der Waals surface area contributed by atoms with Crippen molar-refractivity contribution in [2.24, 2.45) is 5.92 Å². The Morgan fingerprint density at radius 2 is 1.75 bits per heavy atom. The van der Waals surface area contributed by atoms with E-state index in [1.165, 1.54) is 0 Å². The number of nitrogens with one attached hydrogen (secondary N) is 2. The van der Waals surface area contributed by atoms with E-state index < -0.39 is 10.0 Å². The van der Waals surface area contributed by atoms with Gasteiger partial charge in [0.2, 0.25) is 10.0 Å². The first-order chi connectivity index (χ1) is 9.19. The summed E-state index contributed by atoms with van der Waals surface area (Å²) in [4.78, 5) is 0.278. The van der Waals surface area contributed by atoms with Gasteiger partial charge in [-0.1, -0.05) is 13.8 Å². The Morgan fingerprint density at radius 3 is 2.25 bits per heavy atom. The molecule has 0 amide bonds. The topological polar surface area (TPSA) is 71.3 Å². The lowest BCUT2D eigenvalue weighted by molar-refractivity contribution is 0.478. The molecule has 6 heteroatoms. The van der Waals surface area contributed by atoms with Crippen LogP contribution in [-0.4, -0.2) is 21.5 Å². The van der Waals surface area contributed by atoms with E-state index in [1.54, 1.807) is 20.9 Å². The zero-order chi connectivity index (χ0) is 15.5. The van der Waals surface area contributed by atoms with Gasteiger partial charge in [-0.05, 0) is 40.2 Å². The van der Waals surface area contributed by atoms with Crippen molar-refractivity contribution in [3.05, 3.63) is 17.1 Å². The first kappa shape index (κ1) is 17.2. The van der Waals surface area contributed by atoms with E-state index in [-0.39, 0.29) is 10.9 Å². The van der Waals surface area contributed by atoms with E-state index in [0.717, 1.165) is 6.42 Å². The summed E-state index contributed by atoms with van der Waals surface area (Å²) in [6, 6.07) is -0.1000. The van der Waals surface area contributed by atoms with Gasteiger partial charge < -0.3 is 9.73 Å². The van der Waals surface area contributed by atoms with Gasteiger partial charge in [-0.2, -0.15) is 0 Å². The third kappa shape index (κ3) is 4.07. The molecule has 0 saturated heterocycles. The van der Waals surface area contributed by atoms with Gasteiger partial charge in [0.05, 0.1) is 0 Å². The van der Waals surface area contributed by atoms with Crippen LogP contribution in [0, 0.1) is 19.8 Å². The Labute approximate surface area is 122 Å². The molecule has 0 aliphatic heterocycles. The number of hydrogen-bond donors (Lipinski definition) is 2. The fourth-order valence-electron chi connectivity index (χ4n) is 2.52. The van der Waals surface area contributed by atoms with Crippen molar-refractivity contribution >= 4 is 10.0 Å². The Bertz CT molecular complexity index is 547. The molecule has 116 valence electrons. The summed E-state index contributed by atoms with van der Waals surface area (Å²) in [6.07, 6.45) is 0.802. The summed E-state index contributed by atoms with van der Waals surface area (Å²) in [7, 11) is -1.77. The molecule has 1 atom stereocenters. The van der Waals surface area contributed by atoms with Crippen LogP contribution in [0.1, 0.15) is 44.3 Å². The molecule has 1 aromatic rings. The summed E-state index contributed by atoms with van der Waals surface area (Å²) >= 11 is 0. The molecule has 1 aromatic heterocycles. The molecule has 1 heterocycles. The third-order valence-corrected chi connectivity index (χ3v) is 4.91. The van der Waals surface area contributed by atoms with Gasteiger partial charge in [-0.25, -0.2) is 13.1 Å². The van der Waals surface area contributed by atoms with Gasteiger partial charge in [-0.15, -0.1) is 0 Å². The van der Waals surface area contributed by atoms with Crippen LogP contribution in [-0.2, 0) is 16.6 Å². The Hall–Kier alpha value is -0.850. The average Bonchev–Trinajstić information content (AvgIpc) is 2.52. The third-order valence-electron chi connectivity index (χ3n) is 3.13. The number of aryl methyl sites for hydroxylation is 2. The van der Waals surface area contributed by atoms with Crippen molar-refractivity contribution in [3.63, 3.8) is 0 Å². The van der Waals surface area contributed by atoms with Crippen molar-refractivity contribution in [1.82, 2.24) is 10.0 Å². The zero-order valence-corrected chi connectivity index (χ0v) is 14.0.